The summed E-state index contributed by atoms with van der Waals surface area (Å²) >= 11 is 1.48. The van der Waals surface area contributed by atoms with E-state index in [-0.39, 0.29) is 17.7 Å². The SMILES string of the molecule is Cc1nc(-c2ccccc2)c(C(=O)N2C[C@@H](CN)[C@H](c3ccccc3)C2)s1. The zero-order valence-corrected chi connectivity index (χ0v) is 16.2. The van der Waals surface area contributed by atoms with Crippen LogP contribution < -0.4 is 5.73 Å². The highest BCUT2D eigenvalue weighted by molar-refractivity contribution is 7.14. The number of thiazole rings is 1. The van der Waals surface area contributed by atoms with E-state index in [1.54, 1.807) is 0 Å². The molecule has 2 N–H and O–H groups in total. The van der Waals surface area contributed by atoms with Crippen LogP contribution in [0.1, 0.15) is 26.2 Å². The number of carbonyl (C=O) groups is 1. The fraction of sp³-hybridized carbons (Fsp3) is 0.273. The van der Waals surface area contributed by atoms with Crippen LogP contribution in [0.2, 0.25) is 0 Å². The Morgan fingerprint density at radius 1 is 1.11 bits per heavy atom. The lowest BCUT2D eigenvalue weighted by Gasteiger charge is -2.16. The minimum atomic E-state index is 0.0661. The van der Waals surface area contributed by atoms with Crippen molar-refractivity contribution in [1.82, 2.24) is 9.88 Å². The predicted octanol–water partition coefficient (Wildman–Crippen LogP) is 3.93. The van der Waals surface area contributed by atoms with Crippen LogP contribution in [0.3, 0.4) is 0 Å². The highest BCUT2D eigenvalue weighted by Crippen LogP contribution is 2.35. The van der Waals surface area contributed by atoms with Crippen LogP contribution in [-0.4, -0.2) is 35.4 Å². The number of aromatic nitrogens is 1. The number of rotatable bonds is 4. The lowest BCUT2D eigenvalue weighted by molar-refractivity contribution is 0.0791. The van der Waals surface area contributed by atoms with Crippen LogP contribution >= 0.6 is 11.3 Å². The van der Waals surface area contributed by atoms with Crippen molar-refractivity contribution in [3.05, 3.63) is 76.1 Å². The largest absolute Gasteiger partial charge is 0.337 e. The van der Waals surface area contributed by atoms with Gasteiger partial charge in [-0.1, -0.05) is 60.7 Å². The van der Waals surface area contributed by atoms with Gasteiger partial charge in [-0.25, -0.2) is 4.98 Å². The third-order valence-corrected chi connectivity index (χ3v) is 6.19. The molecule has 2 atom stereocenters. The van der Waals surface area contributed by atoms with Crippen molar-refractivity contribution >= 4 is 17.2 Å². The minimum absolute atomic E-state index is 0.0661. The standard InChI is InChI=1S/C22H23N3OS/c1-15-24-20(17-10-6-3-7-11-17)21(27-15)22(26)25-13-18(12-23)19(14-25)16-8-4-2-5-9-16/h2-11,18-19H,12-14,23H2,1H3/t18-,19+/m1/s1. The van der Waals surface area contributed by atoms with Gasteiger partial charge >= 0.3 is 0 Å². The Hall–Kier alpha value is -2.50. The van der Waals surface area contributed by atoms with Gasteiger partial charge in [-0.05, 0) is 24.9 Å². The molecule has 1 amide bonds. The maximum atomic E-state index is 13.3. The van der Waals surface area contributed by atoms with Gasteiger partial charge in [-0.2, -0.15) is 0 Å². The van der Waals surface area contributed by atoms with Gasteiger partial charge in [0.15, 0.2) is 0 Å². The van der Waals surface area contributed by atoms with Gasteiger partial charge in [-0.3, -0.25) is 4.79 Å². The lowest BCUT2D eigenvalue weighted by atomic mass is 9.89. The molecule has 1 aromatic heterocycles. The van der Waals surface area contributed by atoms with E-state index in [4.69, 9.17) is 5.73 Å². The molecule has 1 aliphatic heterocycles. The first-order chi connectivity index (χ1) is 13.2. The number of hydrogen-bond donors (Lipinski definition) is 1. The maximum absolute atomic E-state index is 13.3. The number of benzene rings is 2. The summed E-state index contributed by atoms with van der Waals surface area (Å²) in [5.41, 5.74) is 9.07. The number of amides is 1. The van der Waals surface area contributed by atoms with E-state index in [1.165, 1.54) is 16.9 Å². The van der Waals surface area contributed by atoms with E-state index in [9.17, 15) is 4.79 Å². The van der Waals surface area contributed by atoms with Crippen LogP contribution in [-0.2, 0) is 0 Å². The smallest absolute Gasteiger partial charge is 0.266 e. The highest BCUT2D eigenvalue weighted by Gasteiger charge is 2.37. The number of carbonyl (C=O) groups excluding carboxylic acids is 1. The molecule has 4 nitrogen and oxygen atoms in total. The molecule has 0 radical (unpaired) electrons. The Kier molecular flexibility index (Phi) is 5.05. The summed E-state index contributed by atoms with van der Waals surface area (Å²) in [5.74, 6) is 0.635. The van der Waals surface area contributed by atoms with Crippen LogP contribution in [0, 0.1) is 12.8 Å². The average Bonchev–Trinajstić information content (AvgIpc) is 3.32. The van der Waals surface area contributed by atoms with E-state index < -0.39 is 0 Å². The third kappa shape index (κ3) is 3.53. The van der Waals surface area contributed by atoms with Crippen molar-refractivity contribution in [3.8, 4) is 11.3 Å². The fourth-order valence-electron chi connectivity index (χ4n) is 3.86. The number of nitrogens with two attached hydrogens (primary N) is 1. The monoisotopic (exact) mass is 377 g/mol. The summed E-state index contributed by atoms with van der Waals surface area (Å²) in [6, 6.07) is 20.3. The van der Waals surface area contributed by atoms with Crippen molar-refractivity contribution in [1.29, 1.82) is 0 Å². The second-order valence-corrected chi connectivity index (χ2v) is 8.20. The number of likely N-dealkylation sites (tertiary alicyclic amines) is 1. The van der Waals surface area contributed by atoms with Gasteiger partial charge < -0.3 is 10.6 Å². The van der Waals surface area contributed by atoms with E-state index >= 15 is 0 Å². The van der Waals surface area contributed by atoms with Gasteiger partial charge in [0, 0.05) is 24.6 Å². The van der Waals surface area contributed by atoms with Gasteiger partial charge in [-0.15, -0.1) is 11.3 Å². The average molecular weight is 378 g/mol. The van der Waals surface area contributed by atoms with E-state index in [2.05, 4.69) is 17.1 Å². The first-order valence-corrected chi connectivity index (χ1v) is 10.1. The van der Waals surface area contributed by atoms with Gasteiger partial charge in [0.05, 0.1) is 10.7 Å². The summed E-state index contributed by atoms with van der Waals surface area (Å²) in [6.45, 7) is 3.93. The molecule has 5 heteroatoms. The molecule has 4 rings (SSSR count). The molecule has 0 spiro atoms. The van der Waals surface area contributed by atoms with E-state index in [0.717, 1.165) is 21.1 Å². The molecule has 1 saturated heterocycles. The molecule has 1 fully saturated rings. The summed E-state index contributed by atoms with van der Waals surface area (Å²) in [4.78, 5) is 20.7. The Bertz CT molecular complexity index is 923. The molecule has 0 saturated carbocycles. The first kappa shape index (κ1) is 17.9. The Labute approximate surface area is 163 Å². The molecule has 1 aliphatic rings. The van der Waals surface area contributed by atoms with Crippen molar-refractivity contribution in [3.63, 3.8) is 0 Å². The molecule has 138 valence electrons. The fourth-order valence-corrected chi connectivity index (χ4v) is 4.77. The second-order valence-electron chi connectivity index (χ2n) is 7.00. The van der Waals surface area contributed by atoms with Crippen molar-refractivity contribution in [2.75, 3.05) is 19.6 Å². The summed E-state index contributed by atoms with van der Waals surface area (Å²) < 4.78 is 0. The molecule has 0 aliphatic carbocycles. The number of nitrogens with zero attached hydrogens (tertiary/aromatic N) is 2. The quantitative estimate of drug-likeness (QED) is 0.749. The molecule has 0 unspecified atom stereocenters. The molecule has 2 heterocycles. The predicted molar refractivity (Wildman–Crippen MR) is 110 cm³/mol. The molecule has 27 heavy (non-hydrogen) atoms. The topological polar surface area (TPSA) is 59.2 Å². The lowest BCUT2D eigenvalue weighted by Crippen LogP contribution is -2.29. The Morgan fingerprint density at radius 3 is 2.44 bits per heavy atom. The van der Waals surface area contributed by atoms with Crippen LogP contribution in [0.5, 0.6) is 0 Å². The summed E-state index contributed by atoms with van der Waals surface area (Å²) in [5, 5.41) is 0.909. The highest BCUT2D eigenvalue weighted by atomic mass is 32.1. The van der Waals surface area contributed by atoms with Crippen LogP contribution in [0.15, 0.2) is 60.7 Å². The normalized spacial score (nSPS) is 19.4. The molecule has 0 bridgehead atoms. The molecule has 2 aromatic carbocycles. The summed E-state index contributed by atoms with van der Waals surface area (Å²) in [6.07, 6.45) is 0. The summed E-state index contributed by atoms with van der Waals surface area (Å²) in [7, 11) is 0. The molecule has 3 aromatic rings. The van der Waals surface area contributed by atoms with Gasteiger partial charge in [0.1, 0.15) is 4.88 Å². The number of hydrogen-bond acceptors (Lipinski definition) is 4. The van der Waals surface area contributed by atoms with Gasteiger partial charge in [0.2, 0.25) is 0 Å². The maximum Gasteiger partial charge on any atom is 0.266 e. The minimum Gasteiger partial charge on any atom is -0.337 e. The molecular weight excluding hydrogens is 354 g/mol. The van der Waals surface area contributed by atoms with Crippen LogP contribution in [0.4, 0.5) is 0 Å². The zero-order valence-electron chi connectivity index (χ0n) is 15.3. The zero-order chi connectivity index (χ0) is 18.8. The first-order valence-electron chi connectivity index (χ1n) is 9.24. The van der Waals surface area contributed by atoms with E-state index in [1.807, 2.05) is 60.4 Å². The van der Waals surface area contributed by atoms with E-state index in [0.29, 0.717) is 19.6 Å². The van der Waals surface area contributed by atoms with Crippen molar-refractivity contribution in [2.24, 2.45) is 11.7 Å². The van der Waals surface area contributed by atoms with Crippen molar-refractivity contribution in [2.45, 2.75) is 12.8 Å². The third-order valence-electron chi connectivity index (χ3n) is 5.23. The Morgan fingerprint density at radius 2 is 1.78 bits per heavy atom. The Balaban J connectivity index is 1.63. The number of aryl methyl sites for hydroxylation is 1. The van der Waals surface area contributed by atoms with Crippen molar-refractivity contribution < 1.29 is 4.79 Å². The van der Waals surface area contributed by atoms with Crippen LogP contribution in [0.25, 0.3) is 11.3 Å². The second kappa shape index (κ2) is 7.62. The molecular formula is C22H23N3OS. The van der Waals surface area contributed by atoms with Gasteiger partial charge in [0.25, 0.3) is 5.91 Å².